The lowest BCUT2D eigenvalue weighted by Gasteiger charge is -2.26. The molecule has 0 saturated carbocycles. The van der Waals surface area contributed by atoms with E-state index in [9.17, 15) is 10.1 Å². The summed E-state index contributed by atoms with van der Waals surface area (Å²) in [7, 11) is 1.59. The number of nitriles is 1. The number of ether oxygens (including phenoxy) is 4. The zero-order valence-electron chi connectivity index (χ0n) is 18.9. The Labute approximate surface area is 197 Å². The molecular formula is C27H24N2O5. The topological polar surface area (TPSA) is 104 Å². The van der Waals surface area contributed by atoms with Gasteiger partial charge in [0.15, 0.2) is 0 Å². The number of carbonyl (C=O) groups is 1. The van der Waals surface area contributed by atoms with Crippen LogP contribution < -0.4 is 24.7 Å². The van der Waals surface area contributed by atoms with Crippen LogP contribution in [0.4, 0.5) is 0 Å². The van der Waals surface area contributed by atoms with Crippen LogP contribution in [0, 0.1) is 11.3 Å². The summed E-state index contributed by atoms with van der Waals surface area (Å²) in [6, 6.07) is 21.5. The average molecular weight is 456 g/mol. The van der Waals surface area contributed by atoms with Gasteiger partial charge in [-0.2, -0.15) is 5.26 Å². The van der Waals surface area contributed by atoms with Crippen molar-refractivity contribution in [3.05, 3.63) is 94.9 Å². The van der Waals surface area contributed by atoms with Gasteiger partial charge in [0.1, 0.15) is 34.6 Å². The standard InChI is InChI=1S/C27H24N2O5/c1-3-13-32-20-6-4-5-18(14-20)27(30)33-21-11-12-22-24(15-21)34-26(29)23(16-28)25(22)17-7-9-19(31-2)10-8-17/h4-12,14-15,25H,3,13,29H2,1-2H3. The molecule has 0 aliphatic carbocycles. The number of carbonyl (C=O) groups excluding carboxylic acids is 1. The van der Waals surface area contributed by atoms with Crippen molar-refractivity contribution in [1.82, 2.24) is 0 Å². The molecular weight excluding hydrogens is 432 g/mol. The Hall–Kier alpha value is -4.44. The van der Waals surface area contributed by atoms with Gasteiger partial charge in [-0.05, 0) is 48.4 Å². The monoisotopic (exact) mass is 456 g/mol. The molecule has 34 heavy (non-hydrogen) atoms. The molecule has 1 atom stereocenters. The molecule has 0 aromatic heterocycles. The molecule has 0 bridgehead atoms. The summed E-state index contributed by atoms with van der Waals surface area (Å²) in [6.45, 7) is 2.58. The van der Waals surface area contributed by atoms with Crippen molar-refractivity contribution < 1.29 is 23.7 Å². The molecule has 7 nitrogen and oxygen atoms in total. The summed E-state index contributed by atoms with van der Waals surface area (Å²) < 4.78 is 22.1. The number of rotatable bonds is 7. The first-order chi connectivity index (χ1) is 16.5. The van der Waals surface area contributed by atoms with E-state index in [1.54, 1.807) is 49.6 Å². The van der Waals surface area contributed by atoms with Crippen LogP contribution in [-0.2, 0) is 0 Å². The molecule has 7 heteroatoms. The summed E-state index contributed by atoms with van der Waals surface area (Å²) in [6.07, 6.45) is 0.867. The van der Waals surface area contributed by atoms with Gasteiger partial charge in [-0.25, -0.2) is 4.79 Å². The van der Waals surface area contributed by atoms with E-state index in [1.807, 2.05) is 31.2 Å². The van der Waals surface area contributed by atoms with Gasteiger partial charge in [0.25, 0.3) is 0 Å². The molecule has 172 valence electrons. The molecule has 0 fully saturated rings. The van der Waals surface area contributed by atoms with Gasteiger partial charge in [-0.15, -0.1) is 0 Å². The molecule has 1 unspecified atom stereocenters. The van der Waals surface area contributed by atoms with E-state index in [0.717, 1.165) is 17.5 Å². The number of methoxy groups -OCH3 is 1. The van der Waals surface area contributed by atoms with Crippen LogP contribution >= 0.6 is 0 Å². The summed E-state index contributed by atoms with van der Waals surface area (Å²) in [5.74, 6) is 1.10. The van der Waals surface area contributed by atoms with Crippen LogP contribution in [0.5, 0.6) is 23.0 Å². The van der Waals surface area contributed by atoms with Crippen molar-refractivity contribution in [2.75, 3.05) is 13.7 Å². The summed E-state index contributed by atoms with van der Waals surface area (Å²) in [5, 5.41) is 9.72. The van der Waals surface area contributed by atoms with Gasteiger partial charge in [-0.1, -0.05) is 31.2 Å². The Balaban J connectivity index is 1.61. The maximum absolute atomic E-state index is 12.7. The molecule has 2 N–H and O–H groups in total. The first-order valence-electron chi connectivity index (χ1n) is 10.8. The first kappa shape index (κ1) is 22.7. The molecule has 3 aromatic carbocycles. The fourth-order valence-corrected chi connectivity index (χ4v) is 3.74. The van der Waals surface area contributed by atoms with Crippen LogP contribution in [-0.4, -0.2) is 19.7 Å². The van der Waals surface area contributed by atoms with E-state index in [-0.39, 0.29) is 5.88 Å². The fraction of sp³-hybridized carbons (Fsp3) is 0.185. The number of nitrogens with two attached hydrogens (primary N) is 1. The maximum atomic E-state index is 12.7. The number of esters is 1. The van der Waals surface area contributed by atoms with E-state index in [0.29, 0.717) is 40.7 Å². The number of allylic oxidation sites excluding steroid dienone is 1. The predicted octanol–water partition coefficient (Wildman–Crippen LogP) is 4.92. The molecule has 1 aliphatic rings. The highest BCUT2D eigenvalue weighted by Gasteiger charge is 2.31. The first-order valence-corrected chi connectivity index (χ1v) is 10.8. The Bertz CT molecular complexity index is 1270. The maximum Gasteiger partial charge on any atom is 0.343 e. The SMILES string of the molecule is CCCOc1cccc(C(=O)Oc2ccc3c(c2)OC(N)=C(C#N)C3c2ccc(OC)cc2)c1. The van der Waals surface area contributed by atoms with Crippen molar-refractivity contribution >= 4 is 5.97 Å². The van der Waals surface area contributed by atoms with E-state index >= 15 is 0 Å². The van der Waals surface area contributed by atoms with Gasteiger partial charge in [0.05, 0.1) is 25.2 Å². The second-order valence-corrected chi connectivity index (χ2v) is 7.66. The van der Waals surface area contributed by atoms with Gasteiger partial charge in [0, 0.05) is 11.6 Å². The van der Waals surface area contributed by atoms with E-state index in [1.165, 1.54) is 0 Å². The summed E-state index contributed by atoms with van der Waals surface area (Å²) in [5.41, 5.74) is 8.36. The van der Waals surface area contributed by atoms with Crippen LogP contribution in [0.1, 0.15) is 40.7 Å². The van der Waals surface area contributed by atoms with Gasteiger partial charge >= 0.3 is 5.97 Å². The number of hydrogen-bond acceptors (Lipinski definition) is 7. The molecule has 0 amide bonds. The third kappa shape index (κ3) is 4.66. The molecule has 0 radical (unpaired) electrons. The fourth-order valence-electron chi connectivity index (χ4n) is 3.74. The number of nitrogens with zero attached hydrogens (tertiary/aromatic N) is 1. The van der Waals surface area contributed by atoms with Crippen LogP contribution in [0.3, 0.4) is 0 Å². The third-order valence-electron chi connectivity index (χ3n) is 5.39. The van der Waals surface area contributed by atoms with E-state index in [2.05, 4.69) is 6.07 Å². The van der Waals surface area contributed by atoms with Crippen LogP contribution in [0.25, 0.3) is 0 Å². The molecule has 3 aromatic rings. The number of fused-ring (bicyclic) bond motifs is 1. The Morgan fingerprint density at radius 3 is 2.53 bits per heavy atom. The smallest absolute Gasteiger partial charge is 0.343 e. The predicted molar refractivity (Wildman–Crippen MR) is 126 cm³/mol. The zero-order chi connectivity index (χ0) is 24.1. The minimum absolute atomic E-state index is 0.0140. The Morgan fingerprint density at radius 2 is 1.82 bits per heavy atom. The van der Waals surface area contributed by atoms with Crippen LogP contribution in [0.15, 0.2) is 78.2 Å². The van der Waals surface area contributed by atoms with Gasteiger partial charge < -0.3 is 24.7 Å². The minimum Gasteiger partial charge on any atom is -0.497 e. The average Bonchev–Trinajstić information content (AvgIpc) is 2.86. The highest BCUT2D eigenvalue weighted by molar-refractivity contribution is 5.91. The van der Waals surface area contributed by atoms with Crippen molar-refractivity contribution in [3.63, 3.8) is 0 Å². The largest absolute Gasteiger partial charge is 0.497 e. The summed E-state index contributed by atoms with van der Waals surface area (Å²) in [4.78, 5) is 12.7. The third-order valence-corrected chi connectivity index (χ3v) is 5.39. The lowest BCUT2D eigenvalue weighted by Crippen LogP contribution is -2.21. The van der Waals surface area contributed by atoms with Crippen molar-refractivity contribution in [2.45, 2.75) is 19.3 Å². The number of benzene rings is 3. The summed E-state index contributed by atoms with van der Waals surface area (Å²) >= 11 is 0. The Morgan fingerprint density at radius 1 is 1.06 bits per heavy atom. The molecule has 4 rings (SSSR count). The lowest BCUT2D eigenvalue weighted by molar-refractivity contribution is 0.0734. The van der Waals surface area contributed by atoms with Gasteiger partial charge in [-0.3, -0.25) is 0 Å². The highest BCUT2D eigenvalue weighted by atomic mass is 16.5. The quantitative estimate of drug-likeness (QED) is 0.397. The normalized spacial score (nSPS) is 14.4. The van der Waals surface area contributed by atoms with Crippen molar-refractivity contribution in [3.8, 4) is 29.1 Å². The van der Waals surface area contributed by atoms with Crippen molar-refractivity contribution in [2.24, 2.45) is 5.73 Å². The van der Waals surface area contributed by atoms with E-state index < -0.39 is 11.9 Å². The molecule has 0 saturated heterocycles. The van der Waals surface area contributed by atoms with Crippen LogP contribution in [0.2, 0.25) is 0 Å². The molecule has 0 spiro atoms. The van der Waals surface area contributed by atoms with E-state index in [4.69, 9.17) is 24.7 Å². The lowest BCUT2D eigenvalue weighted by atomic mass is 9.83. The van der Waals surface area contributed by atoms with Crippen molar-refractivity contribution in [1.29, 1.82) is 5.26 Å². The minimum atomic E-state index is -0.523. The zero-order valence-corrected chi connectivity index (χ0v) is 18.9. The second-order valence-electron chi connectivity index (χ2n) is 7.66. The Kier molecular flexibility index (Phi) is 6.69. The molecule has 1 aliphatic heterocycles. The molecule has 1 heterocycles. The number of hydrogen-bond donors (Lipinski definition) is 1. The van der Waals surface area contributed by atoms with Gasteiger partial charge in [0.2, 0.25) is 5.88 Å². The second kappa shape index (κ2) is 10.0. The highest BCUT2D eigenvalue weighted by Crippen LogP contribution is 2.43.